The molecule has 1 aromatic heterocycles. The van der Waals surface area contributed by atoms with Gasteiger partial charge in [0.05, 0.1) is 0 Å². The number of hydrogen-bond donors (Lipinski definition) is 0. The number of para-hydroxylation sites is 1. The SMILES string of the molecule is c1ccc(-c2cccc(N(c3ccc(-c4cccc5cc6c(cc45)oc4ccccc46)cc3)c3ccc(-c4cc5ccccc5c5ccccc45)cc3)c2)cc1. The Hall–Kier alpha value is -7.42. The molecule has 10 aromatic carbocycles. The Morgan fingerprint density at radius 3 is 1.64 bits per heavy atom. The molecule has 0 saturated heterocycles. The Morgan fingerprint density at radius 2 is 0.857 bits per heavy atom. The summed E-state index contributed by atoms with van der Waals surface area (Å²) in [6.45, 7) is 0. The average Bonchev–Trinajstić information content (AvgIpc) is 3.63. The van der Waals surface area contributed by atoms with Gasteiger partial charge in [0.1, 0.15) is 11.2 Å². The van der Waals surface area contributed by atoms with Crippen molar-refractivity contribution in [1.29, 1.82) is 0 Å². The van der Waals surface area contributed by atoms with E-state index in [2.05, 4.69) is 205 Å². The summed E-state index contributed by atoms with van der Waals surface area (Å²) in [5.41, 5.74) is 12.2. The zero-order valence-corrected chi connectivity index (χ0v) is 30.6. The summed E-state index contributed by atoms with van der Waals surface area (Å²) in [5.74, 6) is 0. The van der Waals surface area contributed by atoms with Gasteiger partial charge >= 0.3 is 0 Å². The minimum absolute atomic E-state index is 0.910. The van der Waals surface area contributed by atoms with E-state index in [1.54, 1.807) is 0 Å². The van der Waals surface area contributed by atoms with Gasteiger partial charge in [0.15, 0.2) is 0 Å². The summed E-state index contributed by atoms with van der Waals surface area (Å²) in [4.78, 5) is 2.36. The molecule has 0 aliphatic heterocycles. The van der Waals surface area contributed by atoms with Gasteiger partial charge in [-0.2, -0.15) is 0 Å². The van der Waals surface area contributed by atoms with Gasteiger partial charge in [0.25, 0.3) is 0 Å². The van der Waals surface area contributed by atoms with Gasteiger partial charge in [-0.1, -0.05) is 152 Å². The molecule has 56 heavy (non-hydrogen) atoms. The van der Waals surface area contributed by atoms with E-state index < -0.39 is 0 Å². The van der Waals surface area contributed by atoms with Gasteiger partial charge in [0.2, 0.25) is 0 Å². The minimum atomic E-state index is 0.910. The van der Waals surface area contributed by atoms with Crippen LogP contribution in [0.15, 0.2) is 217 Å². The highest BCUT2D eigenvalue weighted by Crippen LogP contribution is 2.41. The van der Waals surface area contributed by atoms with E-state index in [1.165, 1.54) is 60.1 Å². The molecule has 2 nitrogen and oxygen atoms in total. The van der Waals surface area contributed by atoms with Crippen molar-refractivity contribution in [2.75, 3.05) is 4.90 Å². The first kappa shape index (κ1) is 32.0. The van der Waals surface area contributed by atoms with Gasteiger partial charge in [0, 0.05) is 27.8 Å². The number of benzene rings is 10. The highest BCUT2D eigenvalue weighted by molar-refractivity contribution is 6.14. The van der Waals surface area contributed by atoms with E-state index >= 15 is 0 Å². The average molecular weight is 714 g/mol. The molecule has 0 fully saturated rings. The maximum Gasteiger partial charge on any atom is 0.136 e. The minimum Gasteiger partial charge on any atom is -0.456 e. The molecule has 1 heterocycles. The molecule has 262 valence electrons. The van der Waals surface area contributed by atoms with Crippen molar-refractivity contribution < 1.29 is 4.42 Å². The molecule has 0 aliphatic carbocycles. The number of hydrogen-bond acceptors (Lipinski definition) is 2. The molecule has 0 unspecified atom stereocenters. The maximum absolute atomic E-state index is 6.31. The zero-order valence-electron chi connectivity index (χ0n) is 30.6. The third kappa shape index (κ3) is 5.42. The van der Waals surface area contributed by atoms with Gasteiger partial charge in [-0.25, -0.2) is 0 Å². The maximum atomic E-state index is 6.31. The van der Waals surface area contributed by atoms with E-state index in [1.807, 2.05) is 12.1 Å². The van der Waals surface area contributed by atoms with Crippen LogP contribution >= 0.6 is 0 Å². The predicted molar refractivity (Wildman–Crippen MR) is 237 cm³/mol. The molecule has 0 saturated carbocycles. The Balaban J connectivity index is 1.02. The normalized spacial score (nSPS) is 11.6. The monoisotopic (exact) mass is 713 g/mol. The van der Waals surface area contributed by atoms with Crippen molar-refractivity contribution in [2.45, 2.75) is 0 Å². The lowest BCUT2D eigenvalue weighted by Crippen LogP contribution is -2.10. The first-order valence-electron chi connectivity index (χ1n) is 19.2. The van der Waals surface area contributed by atoms with Crippen molar-refractivity contribution in [3.05, 3.63) is 212 Å². The van der Waals surface area contributed by atoms with Crippen LogP contribution in [0.5, 0.6) is 0 Å². The van der Waals surface area contributed by atoms with E-state index in [0.29, 0.717) is 0 Å². The number of furan rings is 1. The summed E-state index contributed by atoms with van der Waals surface area (Å²) in [6.07, 6.45) is 0. The van der Waals surface area contributed by atoms with Crippen molar-refractivity contribution >= 4 is 71.3 Å². The van der Waals surface area contributed by atoms with Crippen molar-refractivity contribution in [1.82, 2.24) is 0 Å². The topological polar surface area (TPSA) is 16.4 Å². The molecule has 0 N–H and O–H groups in total. The summed E-state index contributed by atoms with van der Waals surface area (Å²) in [7, 11) is 0. The molecule has 0 radical (unpaired) electrons. The van der Waals surface area contributed by atoms with Gasteiger partial charge in [-0.05, 0) is 126 Å². The fourth-order valence-corrected chi connectivity index (χ4v) is 8.52. The van der Waals surface area contributed by atoms with Crippen LogP contribution in [-0.2, 0) is 0 Å². The molecule has 0 aliphatic rings. The molecule has 11 aromatic rings. The van der Waals surface area contributed by atoms with Gasteiger partial charge in [-0.3, -0.25) is 0 Å². The summed E-state index contributed by atoms with van der Waals surface area (Å²) < 4.78 is 6.31. The van der Waals surface area contributed by atoms with Crippen LogP contribution < -0.4 is 4.90 Å². The fraction of sp³-hybridized carbons (Fsp3) is 0. The van der Waals surface area contributed by atoms with Gasteiger partial charge in [-0.15, -0.1) is 0 Å². The lowest BCUT2D eigenvalue weighted by molar-refractivity contribution is 0.669. The lowest BCUT2D eigenvalue weighted by Gasteiger charge is -2.26. The quantitative estimate of drug-likeness (QED) is 0.160. The lowest BCUT2D eigenvalue weighted by atomic mass is 9.93. The van der Waals surface area contributed by atoms with Crippen LogP contribution in [0.1, 0.15) is 0 Å². The first-order chi connectivity index (χ1) is 27.7. The first-order valence-corrected chi connectivity index (χ1v) is 19.2. The fourth-order valence-electron chi connectivity index (χ4n) is 8.52. The number of nitrogens with zero attached hydrogens (tertiary/aromatic N) is 1. The third-order valence-corrected chi connectivity index (χ3v) is 11.2. The van der Waals surface area contributed by atoms with E-state index in [-0.39, 0.29) is 0 Å². The molecule has 11 rings (SSSR count). The number of fused-ring (bicyclic) bond motifs is 7. The smallest absolute Gasteiger partial charge is 0.136 e. The van der Waals surface area contributed by atoms with Crippen LogP contribution in [-0.4, -0.2) is 0 Å². The molecule has 0 amide bonds. The van der Waals surface area contributed by atoms with Crippen molar-refractivity contribution in [2.24, 2.45) is 0 Å². The zero-order chi connectivity index (χ0) is 37.0. The van der Waals surface area contributed by atoms with Crippen molar-refractivity contribution in [3.63, 3.8) is 0 Å². The molecular weight excluding hydrogens is 679 g/mol. The van der Waals surface area contributed by atoms with Gasteiger partial charge < -0.3 is 9.32 Å². The Labute approximate surface area is 325 Å². The Kier molecular flexibility index (Phi) is 7.53. The Morgan fingerprint density at radius 1 is 0.268 bits per heavy atom. The van der Waals surface area contributed by atoms with Crippen molar-refractivity contribution in [3.8, 4) is 33.4 Å². The van der Waals surface area contributed by atoms with E-state index in [9.17, 15) is 0 Å². The second-order valence-electron chi connectivity index (χ2n) is 14.5. The summed E-state index contributed by atoms with van der Waals surface area (Å²) >= 11 is 0. The second-order valence-corrected chi connectivity index (χ2v) is 14.5. The van der Waals surface area contributed by atoms with E-state index in [4.69, 9.17) is 4.42 Å². The standard InChI is InChI=1S/C54H35NO/c1-2-12-36(13-3-1)39-15-10-17-44(32-39)55(43-30-26-38(27-31-43)50-33-40-14-4-5-18-46(40)47-19-6-7-20-48(47)50)42-28-24-37(25-29-42)45-22-11-16-41-34-52-49-21-8-9-23-53(49)56-54(52)35-51(41)45/h1-35H. The highest BCUT2D eigenvalue weighted by Gasteiger charge is 2.17. The van der Waals surface area contributed by atoms with E-state index in [0.717, 1.165) is 44.6 Å². The molecule has 0 spiro atoms. The van der Waals surface area contributed by atoms with Crippen LogP contribution in [0.25, 0.3) is 87.6 Å². The summed E-state index contributed by atoms with van der Waals surface area (Å²) in [5, 5.41) is 9.73. The highest BCUT2D eigenvalue weighted by atomic mass is 16.3. The largest absolute Gasteiger partial charge is 0.456 e. The molecule has 0 atom stereocenters. The summed E-state index contributed by atoms with van der Waals surface area (Å²) in [6, 6.07) is 76.5. The number of anilines is 3. The van der Waals surface area contributed by atoms with Crippen LogP contribution in [0.4, 0.5) is 17.1 Å². The predicted octanol–water partition coefficient (Wildman–Crippen LogP) is 15.5. The van der Waals surface area contributed by atoms with Crippen LogP contribution in [0.3, 0.4) is 0 Å². The molecule has 2 heteroatoms. The molecule has 0 bridgehead atoms. The number of rotatable bonds is 6. The third-order valence-electron chi connectivity index (χ3n) is 11.2. The molecular formula is C54H35NO. The van der Waals surface area contributed by atoms with Crippen LogP contribution in [0, 0.1) is 0 Å². The Bertz CT molecular complexity index is 3230. The van der Waals surface area contributed by atoms with Crippen LogP contribution in [0.2, 0.25) is 0 Å². The second kappa shape index (κ2) is 13.2.